The first-order valence-electron chi connectivity index (χ1n) is 6.52. The van der Waals surface area contributed by atoms with Crippen LogP contribution in [0.15, 0.2) is 24.5 Å². The molecule has 1 aromatic carbocycles. The molecule has 0 aliphatic rings. The predicted octanol–water partition coefficient (Wildman–Crippen LogP) is 3.04. The van der Waals surface area contributed by atoms with E-state index in [1.165, 1.54) is 0 Å². The van der Waals surface area contributed by atoms with Gasteiger partial charge in [-0.3, -0.25) is 10.1 Å². The molecule has 0 radical (unpaired) electrons. The Kier molecular flexibility index (Phi) is 4.02. The van der Waals surface area contributed by atoms with Gasteiger partial charge >= 0.3 is 0 Å². The van der Waals surface area contributed by atoms with Crippen LogP contribution in [0.2, 0.25) is 0 Å². The molecule has 2 rings (SSSR count). The SMILES string of the molecule is CCn1ccnc1CNc1cc(C)c([N+](=O)[O-])cc1C. The second-order valence-electron chi connectivity index (χ2n) is 4.69. The number of nitro groups is 1. The van der Waals surface area contributed by atoms with Gasteiger partial charge in [0.05, 0.1) is 11.5 Å². The standard InChI is InChI=1S/C14H18N4O2/c1-4-17-6-5-15-14(17)9-16-12-7-11(3)13(18(19)20)8-10(12)2/h5-8,16H,4,9H2,1-3H3. The van der Waals surface area contributed by atoms with Gasteiger partial charge in [-0.15, -0.1) is 0 Å². The summed E-state index contributed by atoms with van der Waals surface area (Å²) >= 11 is 0. The molecule has 1 heterocycles. The number of nitrogens with zero attached hydrogens (tertiary/aromatic N) is 3. The van der Waals surface area contributed by atoms with Crippen molar-refractivity contribution >= 4 is 11.4 Å². The minimum absolute atomic E-state index is 0.156. The van der Waals surface area contributed by atoms with Gasteiger partial charge < -0.3 is 9.88 Å². The Morgan fingerprint density at radius 1 is 1.35 bits per heavy atom. The third kappa shape index (κ3) is 2.79. The van der Waals surface area contributed by atoms with E-state index in [2.05, 4.69) is 21.8 Å². The van der Waals surface area contributed by atoms with Gasteiger partial charge in [0, 0.05) is 36.3 Å². The molecule has 0 saturated carbocycles. The summed E-state index contributed by atoms with van der Waals surface area (Å²) in [7, 11) is 0. The summed E-state index contributed by atoms with van der Waals surface area (Å²) in [6, 6.07) is 3.41. The van der Waals surface area contributed by atoms with Crippen molar-refractivity contribution in [2.45, 2.75) is 33.9 Å². The van der Waals surface area contributed by atoms with Gasteiger partial charge in [0.15, 0.2) is 0 Å². The highest BCUT2D eigenvalue weighted by Crippen LogP contribution is 2.26. The maximum absolute atomic E-state index is 10.9. The molecule has 0 aliphatic carbocycles. The molecular formula is C14H18N4O2. The van der Waals surface area contributed by atoms with E-state index >= 15 is 0 Å². The van der Waals surface area contributed by atoms with E-state index in [0.29, 0.717) is 12.1 Å². The second kappa shape index (κ2) is 5.73. The molecule has 106 valence electrons. The van der Waals surface area contributed by atoms with E-state index < -0.39 is 0 Å². The quantitative estimate of drug-likeness (QED) is 0.671. The van der Waals surface area contributed by atoms with Crippen molar-refractivity contribution in [3.63, 3.8) is 0 Å². The number of aryl methyl sites for hydroxylation is 3. The zero-order valence-corrected chi connectivity index (χ0v) is 11.9. The number of hydrogen-bond acceptors (Lipinski definition) is 4. The van der Waals surface area contributed by atoms with Crippen molar-refractivity contribution in [3.05, 3.63) is 51.6 Å². The maximum Gasteiger partial charge on any atom is 0.272 e. The van der Waals surface area contributed by atoms with Gasteiger partial charge in [-0.2, -0.15) is 0 Å². The summed E-state index contributed by atoms with van der Waals surface area (Å²) < 4.78 is 2.06. The molecule has 6 nitrogen and oxygen atoms in total. The van der Waals surface area contributed by atoms with Crippen LogP contribution in [0.5, 0.6) is 0 Å². The van der Waals surface area contributed by atoms with E-state index in [4.69, 9.17) is 0 Å². The van der Waals surface area contributed by atoms with E-state index in [1.54, 1.807) is 19.2 Å². The fourth-order valence-electron chi connectivity index (χ4n) is 2.16. The average molecular weight is 274 g/mol. The van der Waals surface area contributed by atoms with Crippen molar-refractivity contribution in [2.75, 3.05) is 5.32 Å². The third-order valence-corrected chi connectivity index (χ3v) is 3.32. The summed E-state index contributed by atoms with van der Waals surface area (Å²) in [6.07, 6.45) is 3.71. The van der Waals surface area contributed by atoms with E-state index in [-0.39, 0.29) is 10.6 Å². The van der Waals surface area contributed by atoms with Crippen molar-refractivity contribution in [2.24, 2.45) is 0 Å². The Labute approximate surface area is 117 Å². The first kappa shape index (κ1) is 14.0. The Balaban J connectivity index is 2.18. The number of nitrogens with one attached hydrogen (secondary N) is 1. The van der Waals surface area contributed by atoms with Crippen LogP contribution in [0.4, 0.5) is 11.4 Å². The van der Waals surface area contributed by atoms with Crippen LogP contribution in [0.25, 0.3) is 0 Å². The number of imidazole rings is 1. The summed E-state index contributed by atoms with van der Waals surface area (Å²) in [5, 5.41) is 14.2. The minimum Gasteiger partial charge on any atom is -0.378 e. The summed E-state index contributed by atoms with van der Waals surface area (Å²) in [6.45, 7) is 7.14. The second-order valence-corrected chi connectivity index (χ2v) is 4.69. The molecule has 0 atom stereocenters. The zero-order valence-electron chi connectivity index (χ0n) is 11.9. The third-order valence-electron chi connectivity index (χ3n) is 3.32. The molecule has 6 heteroatoms. The highest BCUT2D eigenvalue weighted by Gasteiger charge is 2.13. The predicted molar refractivity (Wildman–Crippen MR) is 77.8 cm³/mol. The van der Waals surface area contributed by atoms with E-state index in [0.717, 1.165) is 23.6 Å². The van der Waals surface area contributed by atoms with Gasteiger partial charge in [0.1, 0.15) is 5.82 Å². The molecule has 0 spiro atoms. The first-order chi connectivity index (χ1) is 9.52. The fourth-order valence-corrected chi connectivity index (χ4v) is 2.16. The summed E-state index contributed by atoms with van der Waals surface area (Å²) in [5.74, 6) is 0.947. The molecule has 1 N–H and O–H groups in total. The lowest BCUT2D eigenvalue weighted by molar-refractivity contribution is -0.385. The number of hydrogen-bond donors (Lipinski definition) is 1. The van der Waals surface area contributed by atoms with Crippen LogP contribution in [-0.2, 0) is 13.1 Å². The van der Waals surface area contributed by atoms with Gasteiger partial charge in [-0.1, -0.05) is 0 Å². The van der Waals surface area contributed by atoms with E-state index in [9.17, 15) is 10.1 Å². The van der Waals surface area contributed by atoms with Crippen LogP contribution in [-0.4, -0.2) is 14.5 Å². The number of aromatic nitrogens is 2. The van der Waals surface area contributed by atoms with Crippen LogP contribution < -0.4 is 5.32 Å². The van der Waals surface area contributed by atoms with Gasteiger partial charge in [0.25, 0.3) is 5.69 Å². The normalized spacial score (nSPS) is 10.6. The molecule has 0 fully saturated rings. The molecule has 0 aliphatic heterocycles. The first-order valence-corrected chi connectivity index (χ1v) is 6.52. The van der Waals surface area contributed by atoms with E-state index in [1.807, 2.05) is 19.2 Å². The van der Waals surface area contributed by atoms with Crippen molar-refractivity contribution in [1.29, 1.82) is 0 Å². The van der Waals surface area contributed by atoms with Crippen LogP contribution in [0.3, 0.4) is 0 Å². The van der Waals surface area contributed by atoms with Crippen LogP contribution in [0, 0.1) is 24.0 Å². The smallest absolute Gasteiger partial charge is 0.272 e. The van der Waals surface area contributed by atoms with Crippen molar-refractivity contribution in [1.82, 2.24) is 9.55 Å². The maximum atomic E-state index is 10.9. The lowest BCUT2D eigenvalue weighted by Crippen LogP contribution is -2.08. The lowest BCUT2D eigenvalue weighted by Gasteiger charge is -2.11. The minimum atomic E-state index is -0.351. The van der Waals surface area contributed by atoms with Crippen molar-refractivity contribution < 1.29 is 4.92 Å². The molecule has 0 bridgehead atoms. The Morgan fingerprint density at radius 2 is 2.10 bits per heavy atom. The molecule has 1 aromatic heterocycles. The molecule has 20 heavy (non-hydrogen) atoms. The Bertz CT molecular complexity index is 634. The topological polar surface area (TPSA) is 73.0 Å². The van der Waals surface area contributed by atoms with Crippen LogP contribution in [0.1, 0.15) is 23.9 Å². The highest BCUT2D eigenvalue weighted by molar-refractivity contribution is 5.59. The molecule has 2 aromatic rings. The highest BCUT2D eigenvalue weighted by atomic mass is 16.6. The number of anilines is 1. The summed E-state index contributed by atoms with van der Waals surface area (Å²) in [4.78, 5) is 14.8. The Morgan fingerprint density at radius 3 is 2.75 bits per heavy atom. The van der Waals surface area contributed by atoms with Crippen LogP contribution >= 0.6 is 0 Å². The molecule has 0 unspecified atom stereocenters. The number of nitro benzene ring substituents is 1. The lowest BCUT2D eigenvalue weighted by atomic mass is 10.1. The monoisotopic (exact) mass is 274 g/mol. The largest absolute Gasteiger partial charge is 0.378 e. The van der Waals surface area contributed by atoms with Crippen molar-refractivity contribution in [3.8, 4) is 0 Å². The zero-order chi connectivity index (χ0) is 14.7. The summed E-state index contributed by atoms with van der Waals surface area (Å²) in [5.41, 5.74) is 2.57. The van der Waals surface area contributed by atoms with Gasteiger partial charge in [-0.25, -0.2) is 4.98 Å². The van der Waals surface area contributed by atoms with Gasteiger partial charge in [-0.05, 0) is 32.4 Å². The van der Waals surface area contributed by atoms with Gasteiger partial charge in [0.2, 0.25) is 0 Å². The fraction of sp³-hybridized carbons (Fsp3) is 0.357. The Hall–Kier alpha value is -2.37. The average Bonchev–Trinajstić information content (AvgIpc) is 2.86. The molecular weight excluding hydrogens is 256 g/mol. The number of benzene rings is 1. The molecule has 0 saturated heterocycles. The number of rotatable bonds is 5. The molecule has 0 amide bonds.